The second-order valence-electron chi connectivity index (χ2n) is 9.75. The molecule has 3 heterocycles. The highest BCUT2D eigenvalue weighted by molar-refractivity contribution is 5.81. The Balaban J connectivity index is 1.44. The molecule has 39 heavy (non-hydrogen) atoms. The number of hydrogen-bond acceptors (Lipinski definition) is 8. The van der Waals surface area contributed by atoms with Crippen molar-refractivity contribution in [2.75, 3.05) is 31.6 Å². The summed E-state index contributed by atoms with van der Waals surface area (Å²) >= 11 is 0. The minimum atomic E-state index is -4.94. The summed E-state index contributed by atoms with van der Waals surface area (Å²) in [6.07, 6.45) is -8.40. The summed E-state index contributed by atoms with van der Waals surface area (Å²) in [5.41, 5.74) is 3.82. The van der Waals surface area contributed by atoms with E-state index in [1.54, 1.807) is 7.05 Å². The van der Waals surface area contributed by atoms with Gasteiger partial charge in [-0.3, -0.25) is 5.01 Å². The summed E-state index contributed by atoms with van der Waals surface area (Å²) in [5, 5.41) is 20.0. The van der Waals surface area contributed by atoms with Gasteiger partial charge in [0.05, 0.1) is 43.5 Å². The number of fused-ring (bicyclic) bond motifs is 2. The van der Waals surface area contributed by atoms with Crippen LogP contribution in [0.1, 0.15) is 52.3 Å². The van der Waals surface area contributed by atoms with Crippen LogP contribution in [0.15, 0.2) is 35.4 Å². The summed E-state index contributed by atoms with van der Waals surface area (Å²) in [5.74, 6) is 0.256. The predicted molar refractivity (Wildman–Crippen MR) is 130 cm³/mol. The number of guanidine groups is 1. The van der Waals surface area contributed by atoms with Gasteiger partial charge in [0.1, 0.15) is 0 Å². The topological polar surface area (TPSA) is 75.6 Å². The normalized spacial score (nSPS) is 19.9. The summed E-state index contributed by atoms with van der Waals surface area (Å²) in [4.78, 5) is 2.11. The number of nitrogens with zero attached hydrogens (tertiary/aromatic N) is 4. The maximum Gasteiger partial charge on any atom is 0.416 e. The molecule has 0 bridgehead atoms. The van der Waals surface area contributed by atoms with Gasteiger partial charge in [0.2, 0.25) is 5.96 Å². The number of hydrazone groups is 1. The smallest absolute Gasteiger partial charge is 0.395 e. The highest BCUT2D eigenvalue weighted by Gasteiger charge is 2.38. The van der Waals surface area contributed by atoms with Crippen molar-refractivity contribution in [3.8, 4) is 0 Å². The Morgan fingerprint density at radius 3 is 2.33 bits per heavy atom. The lowest BCUT2D eigenvalue weighted by atomic mass is 9.97. The molecule has 8 nitrogen and oxygen atoms in total. The van der Waals surface area contributed by atoms with Gasteiger partial charge in [0.25, 0.3) is 0 Å². The number of hydrogen-bond donors (Lipinski definition) is 3. The molecule has 2 aromatic rings. The number of ether oxygens (including phenoxy) is 1. The molecule has 0 aliphatic carbocycles. The molecule has 0 unspecified atom stereocenters. The Hall–Kier alpha value is -3.23. The number of rotatable bonds is 5. The number of benzene rings is 2. The van der Waals surface area contributed by atoms with Crippen LogP contribution in [0.25, 0.3) is 0 Å². The molecule has 0 amide bonds. The number of halogens is 6. The zero-order valence-electron chi connectivity index (χ0n) is 21.0. The maximum atomic E-state index is 13.4. The van der Waals surface area contributed by atoms with E-state index in [1.807, 2.05) is 0 Å². The monoisotopic (exact) mass is 558 g/mol. The number of aliphatic hydroxyl groups is 1. The van der Waals surface area contributed by atoms with Gasteiger partial charge in [-0.25, -0.2) is 5.53 Å². The van der Waals surface area contributed by atoms with E-state index in [2.05, 4.69) is 33.0 Å². The molecule has 0 saturated carbocycles. The van der Waals surface area contributed by atoms with Crippen molar-refractivity contribution in [2.45, 2.75) is 51.0 Å². The van der Waals surface area contributed by atoms with E-state index in [1.165, 1.54) is 10.1 Å². The van der Waals surface area contributed by atoms with Crippen LogP contribution in [0.3, 0.4) is 0 Å². The van der Waals surface area contributed by atoms with Crippen LogP contribution >= 0.6 is 0 Å². The third-order valence-corrected chi connectivity index (χ3v) is 7.06. The fourth-order valence-corrected chi connectivity index (χ4v) is 5.15. The Morgan fingerprint density at radius 2 is 1.69 bits per heavy atom. The summed E-state index contributed by atoms with van der Waals surface area (Å²) in [7, 11) is 1.56. The Morgan fingerprint density at radius 1 is 1.03 bits per heavy atom. The zero-order valence-corrected chi connectivity index (χ0v) is 21.0. The van der Waals surface area contributed by atoms with E-state index in [0.29, 0.717) is 32.7 Å². The van der Waals surface area contributed by atoms with Crippen LogP contribution in [0.5, 0.6) is 0 Å². The molecular weight excluding hydrogens is 530 g/mol. The summed E-state index contributed by atoms with van der Waals surface area (Å²) in [6.45, 7) is 1.83. The van der Waals surface area contributed by atoms with Crippen molar-refractivity contribution in [3.05, 3.63) is 63.7 Å². The van der Waals surface area contributed by atoms with Crippen molar-refractivity contribution in [2.24, 2.45) is 5.10 Å². The SMILES string of the molecule is CN1NN=C(N[C@H]2CCCN(CCO)c3cc4c(cc32)COC4)N1Cc1cc(C(F)(F)F)cc(C(F)(F)F)c1. The largest absolute Gasteiger partial charge is 0.416 e. The average molecular weight is 559 g/mol. The van der Waals surface area contributed by atoms with Gasteiger partial charge in [-0.15, -0.1) is 10.2 Å². The van der Waals surface area contributed by atoms with Gasteiger partial charge in [0.15, 0.2) is 0 Å². The summed E-state index contributed by atoms with van der Waals surface area (Å²) < 4.78 is 86.0. The number of anilines is 1. The van der Waals surface area contributed by atoms with Gasteiger partial charge < -0.3 is 20.1 Å². The van der Waals surface area contributed by atoms with E-state index in [-0.39, 0.29) is 36.8 Å². The van der Waals surface area contributed by atoms with E-state index in [0.717, 1.165) is 40.9 Å². The number of hydrazine groups is 2. The van der Waals surface area contributed by atoms with E-state index < -0.39 is 23.5 Å². The Labute approximate surface area is 220 Å². The predicted octanol–water partition coefficient (Wildman–Crippen LogP) is 4.12. The van der Waals surface area contributed by atoms with E-state index >= 15 is 0 Å². The molecule has 0 spiro atoms. The van der Waals surface area contributed by atoms with Crippen molar-refractivity contribution in [1.29, 1.82) is 0 Å². The fraction of sp³-hybridized carbons (Fsp3) is 0.480. The number of alkyl halides is 6. The average Bonchev–Trinajstić information content (AvgIpc) is 3.42. The van der Waals surface area contributed by atoms with Gasteiger partial charge in [-0.1, -0.05) is 0 Å². The first-order valence-electron chi connectivity index (χ1n) is 12.4. The fourth-order valence-electron chi connectivity index (χ4n) is 5.15. The summed E-state index contributed by atoms with van der Waals surface area (Å²) in [6, 6.07) is 5.42. The van der Waals surface area contributed by atoms with Crippen molar-refractivity contribution >= 4 is 11.6 Å². The second kappa shape index (κ2) is 10.4. The number of β-amino-alcohol motifs (C(OH)–C–C–N with tert-alkyl or cyclic N) is 1. The molecule has 2 aromatic carbocycles. The minimum absolute atomic E-state index is 0.0166. The van der Waals surface area contributed by atoms with E-state index in [4.69, 9.17) is 4.74 Å². The lowest BCUT2D eigenvalue weighted by Gasteiger charge is -2.30. The maximum absolute atomic E-state index is 13.4. The standard InChI is InChI=1S/C25H28F6N6O2/c1-35-34-33-23(37(35)12-15-7-18(24(26,27)28)11-19(8-15)25(29,30)31)32-21-3-2-4-36(5-6-38)22-10-17-14-39-13-16(17)9-20(21)22/h7-11,21,34,38H,2-6,12-14H2,1H3,(H,32,33)/t21-/m0/s1. The molecule has 0 radical (unpaired) electrons. The quantitative estimate of drug-likeness (QED) is 0.477. The van der Waals surface area contributed by atoms with Crippen LogP contribution in [0.4, 0.5) is 32.0 Å². The molecule has 212 valence electrons. The Bertz CT molecular complexity index is 1220. The van der Waals surface area contributed by atoms with Crippen LogP contribution < -0.4 is 15.8 Å². The molecule has 1 atom stereocenters. The molecule has 3 N–H and O–H groups in total. The molecule has 0 aromatic heterocycles. The molecule has 3 aliphatic rings. The second-order valence-corrected chi connectivity index (χ2v) is 9.75. The molecular formula is C25H28F6N6O2. The molecule has 3 aliphatic heterocycles. The lowest BCUT2D eigenvalue weighted by molar-refractivity contribution is -0.143. The van der Waals surface area contributed by atoms with Crippen molar-refractivity contribution < 1.29 is 36.2 Å². The van der Waals surface area contributed by atoms with E-state index in [9.17, 15) is 31.4 Å². The molecule has 0 fully saturated rings. The Kier molecular flexibility index (Phi) is 7.29. The minimum Gasteiger partial charge on any atom is -0.395 e. The van der Waals surface area contributed by atoms with Crippen LogP contribution in [0, 0.1) is 0 Å². The van der Waals surface area contributed by atoms with Crippen LogP contribution in [0.2, 0.25) is 0 Å². The van der Waals surface area contributed by atoms with Crippen molar-refractivity contribution in [1.82, 2.24) is 21.0 Å². The highest BCUT2D eigenvalue weighted by Crippen LogP contribution is 2.39. The highest BCUT2D eigenvalue weighted by atomic mass is 19.4. The molecule has 0 saturated heterocycles. The first-order chi connectivity index (χ1) is 18.4. The van der Waals surface area contributed by atoms with Crippen LogP contribution in [-0.2, 0) is 36.8 Å². The van der Waals surface area contributed by atoms with Crippen molar-refractivity contribution in [3.63, 3.8) is 0 Å². The van der Waals surface area contributed by atoms with Gasteiger partial charge in [-0.2, -0.15) is 26.3 Å². The number of aliphatic hydroxyl groups excluding tert-OH is 1. The lowest BCUT2D eigenvalue weighted by Crippen LogP contribution is -2.47. The van der Waals surface area contributed by atoms with Crippen LogP contribution in [-0.4, -0.2) is 47.9 Å². The first kappa shape index (κ1) is 27.3. The van der Waals surface area contributed by atoms with Gasteiger partial charge in [-0.05, 0) is 65.4 Å². The van der Waals surface area contributed by atoms with Gasteiger partial charge >= 0.3 is 12.4 Å². The zero-order chi connectivity index (χ0) is 27.9. The third kappa shape index (κ3) is 5.72. The number of nitrogens with one attached hydrogen (secondary N) is 2. The molecule has 14 heteroatoms. The first-order valence-corrected chi connectivity index (χ1v) is 12.4. The third-order valence-electron chi connectivity index (χ3n) is 7.06. The molecule has 5 rings (SSSR count). The van der Waals surface area contributed by atoms with Gasteiger partial charge in [0, 0.05) is 25.8 Å².